The van der Waals surface area contributed by atoms with Crippen LogP contribution in [0.3, 0.4) is 0 Å². The fourth-order valence-electron chi connectivity index (χ4n) is 1.43. The molecule has 4 nitrogen and oxygen atoms in total. The van der Waals surface area contributed by atoms with Gasteiger partial charge < -0.3 is 10.6 Å². The van der Waals surface area contributed by atoms with Gasteiger partial charge in [-0.1, -0.05) is 6.92 Å². The van der Waals surface area contributed by atoms with Crippen LogP contribution < -0.4 is 10.6 Å². The van der Waals surface area contributed by atoms with Crippen LogP contribution in [0.4, 0.5) is 11.6 Å². The molecule has 0 saturated heterocycles. The minimum Gasteiger partial charge on any atom is -0.370 e. The average molecular weight is 192 g/mol. The second kappa shape index (κ2) is 3.82. The zero-order valence-corrected chi connectivity index (χ0v) is 8.62. The van der Waals surface area contributed by atoms with E-state index in [9.17, 15) is 0 Å². The molecule has 0 radical (unpaired) electrons. The highest BCUT2D eigenvalue weighted by Gasteiger charge is 2.32. The van der Waals surface area contributed by atoms with Crippen molar-refractivity contribution in [3.05, 3.63) is 12.4 Å². The molecule has 1 heterocycles. The summed E-state index contributed by atoms with van der Waals surface area (Å²) in [5.41, 5.74) is 0. The molecule has 4 heteroatoms. The molecule has 2 unspecified atom stereocenters. The Balaban J connectivity index is 1.99. The first-order valence-electron chi connectivity index (χ1n) is 5.12. The quantitative estimate of drug-likeness (QED) is 0.762. The predicted molar refractivity (Wildman–Crippen MR) is 57.4 cm³/mol. The molecule has 1 aromatic rings. The highest BCUT2D eigenvalue weighted by Crippen LogP contribution is 2.32. The van der Waals surface area contributed by atoms with Crippen molar-refractivity contribution in [2.45, 2.75) is 26.3 Å². The summed E-state index contributed by atoms with van der Waals surface area (Å²) in [6.07, 6.45) is 2.84. The van der Waals surface area contributed by atoms with Gasteiger partial charge >= 0.3 is 0 Å². The summed E-state index contributed by atoms with van der Waals surface area (Å²) in [6, 6.07) is 2.56. The van der Waals surface area contributed by atoms with Crippen molar-refractivity contribution in [1.82, 2.24) is 9.97 Å². The van der Waals surface area contributed by atoms with Crippen molar-refractivity contribution in [3.63, 3.8) is 0 Å². The third-order valence-electron chi connectivity index (χ3n) is 2.47. The largest absolute Gasteiger partial charge is 0.370 e. The van der Waals surface area contributed by atoms with E-state index in [0.29, 0.717) is 6.04 Å². The maximum atomic E-state index is 4.17. The Morgan fingerprint density at radius 2 is 2.14 bits per heavy atom. The van der Waals surface area contributed by atoms with Gasteiger partial charge in [0.2, 0.25) is 0 Å². The lowest BCUT2D eigenvalue weighted by Gasteiger charge is -2.06. The maximum absolute atomic E-state index is 4.17. The van der Waals surface area contributed by atoms with Gasteiger partial charge in [-0.25, -0.2) is 9.97 Å². The first kappa shape index (κ1) is 9.24. The van der Waals surface area contributed by atoms with Gasteiger partial charge in [0.05, 0.1) is 0 Å². The molecule has 1 aliphatic carbocycles. The smallest absolute Gasteiger partial charge is 0.131 e. The van der Waals surface area contributed by atoms with E-state index in [4.69, 9.17) is 0 Å². The monoisotopic (exact) mass is 192 g/mol. The molecule has 2 N–H and O–H groups in total. The molecule has 14 heavy (non-hydrogen) atoms. The van der Waals surface area contributed by atoms with Gasteiger partial charge in [-0.3, -0.25) is 0 Å². The Morgan fingerprint density at radius 3 is 2.79 bits per heavy atom. The van der Waals surface area contributed by atoms with E-state index < -0.39 is 0 Å². The Kier molecular flexibility index (Phi) is 2.52. The molecular weight excluding hydrogens is 176 g/mol. The molecule has 0 spiro atoms. The standard InChI is InChI=1S/C10H16N4/c1-3-11-9-5-10(13-6-12-9)14-8-4-7(8)2/h5-8H,3-4H2,1-2H3,(H2,11,12,13,14). The van der Waals surface area contributed by atoms with Crippen LogP contribution in [0, 0.1) is 5.92 Å². The van der Waals surface area contributed by atoms with Crippen molar-refractivity contribution in [2.24, 2.45) is 5.92 Å². The zero-order chi connectivity index (χ0) is 9.97. The van der Waals surface area contributed by atoms with Gasteiger partial charge in [0.15, 0.2) is 0 Å². The first-order chi connectivity index (χ1) is 6.79. The van der Waals surface area contributed by atoms with Crippen molar-refractivity contribution in [3.8, 4) is 0 Å². The van der Waals surface area contributed by atoms with Gasteiger partial charge in [-0.2, -0.15) is 0 Å². The molecule has 0 bridgehead atoms. The molecule has 0 aliphatic heterocycles. The molecule has 0 amide bonds. The van der Waals surface area contributed by atoms with E-state index in [1.165, 1.54) is 6.42 Å². The highest BCUT2D eigenvalue weighted by atomic mass is 15.1. The highest BCUT2D eigenvalue weighted by molar-refractivity contribution is 5.47. The molecular formula is C10H16N4. The average Bonchev–Trinajstić information content (AvgIpc) is 2.83. The van der Waals surface area contributed by atoms with E-state index in [1.807, 2.05) is 6.07 Å². The number of hydrogen-bond acceptors (Lipinski definition) is 4. The summed E-state index contributed by atoms with van der Waals surface area (Å²) in [6.45, 7) is 5.18. The SMILES string of the molecule is CCNc1cc(NC2CC2C)ncn1. The number of nitrogens with zero attached hydrogens (tertiary/aromatic N) is 2. The molecule has 1 aromatic heterocycles. The Bertz CT molecular complexity index is 313. The van der Waals surface area contributed by atoms with Crippen LogP contribution in [-0.4, -0.2) is 22.6 Å². The maximum Gasteiger partial charge on any atom is 0.131 e. The lowest BCUT2D eigenvalue weighted by Crippen LogP contribution is -2.07. The summed E-state index contributed by atoms with van der Waals surface area (Å²) < 4.78 is 0. The van der Waals surface area contributed by atoms with Gasteiger partial charge in [-0.05, 0) is 19.3 Å². The van der Waals surface area contributed by atoms with Crippen LogP contribution in [0.1, 0.15) is 20.3 Å². The van der Waals surface area contributed by atoms with E-state index >= 15 is 0 Å². The minimum atomic E-state index is 0.611. The molecule has 76 valence electrons. The lowest BCUT2D eigenvalue weighted by molar-refractivity contribution is 0.921. The van der Waals surface area contributed by atoms with Crippen LogP contribution in [0.15, 0.2) is 12.4 Å². The van der Waals surface area contributed by atoms with E-state index in [0.717, 1.165) is 24.1 Å². The Labute approximate surface area is 84.2 Å². The topological polar surface area (TPSA) is 49.8 Å². The summed E-state index contributed by atoms with van der Waals surface area (Å²) in [7, 11) is 0. The van der Waals surface area contributed by atoms with Crippen LogP contribution in [-0.2, 0) is 0 Å². The first-order valence-corrected chi connectivity index (χ1v) is 5.12. The lowest BCUT2D eigenvalue weighted by atomic mass is 10.4. The van der Waals surface area contributed by atoms with Crippen molar-refractivity contribution >= 4 is 11.6 Å². The van der Waals surface area contributed by atoms with E-state index in [1.54, 1.807) is 6.33 Å². The molecule has 1 aliphatic rings. The molecule has 2 atom stereocenters. The molecule has 0 aromatic carbocycles. The Morgan fingerprint density at radius 1 is 1.43 bits per heavy atom. The number of rotatable bonds is 4. The van der Waals surface area contributed by atoms with Gasteiger partial charge in [0.25, 0.3) is 0 Å². The van der Waals surface area contributed by atoms with Crippen LogP contribution >= 0.6 is 0 Å². The normalized spacial score (nSPS) is 24.4. The van der Waals surface area contributed by atoms with Crippen LogP contribution in [0.25, 0.3) is 0 Å². The molecule has 2 rings (SSSR count). The summed E-state index contributed by atoms with van der Waals surface area (Å²) in [5.74, 6) is 2.59. The predicted octanol–water partition coefficient (Wildman–Crippen LogP) is 1.73. The number of nitrogens with one attached hydrogen (secondary N) is 2. The number of hydrogen-bond donors (Lipinski definition) is 2. The number of anilines is 2. The second-order valence-electron chi connectivity index (χ2n) is 3.78. The third-order valence-corrected chi connectivity index (χ3v) is 2.47. The third kappa shape index (κ3) is 2.13. The second-order valence-corrected chi connectivity index (χ2v) is 3.78. The minimum absolute atomic E-state index is 0.611. The fourth-order valence-corrected chi connectivity index (χ4v) is 1.43. The summed E-state index contributed by atoms with van der Waals surface area (Å²) >= 11 is 0. The summed E-state index contributed by atoms with van der Waals surface area (Å²) in [5, 5.41) is 6.53. The number of aromatic nitrogens is 2. The molecule has 1 saturated carbocycles. The fraction of sp³-hybridized carbons (Fsp3) is 0.600. The zero-order valence-electron chi connectivity index (χ0n) is 8.62. The molecule has 1 fully saturated rings. The summed E-state index contributed by atoms with van der Waals surface area (Å²) in [4.78, 5) is 8.29. The van der Waals surface area contributed by atoms with Crippen molar-refractivity contribution in [1.29, 1.82) is 0 Å². The van der Waals surface area contributed by atoms with Gasteiger partial charge in [-0.15, -0.1) is 0 Å². The Hall–Kier alpha value is -1.32. The van der Waals surface area contributed by atoms with E-state index in [2.05, 4.69) is 34.4 Å². The van der Waals surface area contributed by atoms with Gasteiger partial charge in [0, 0.05) is 18.7 Å². The van der Waals surface area contributed by atoms with Gasteiger partial charge in [0.1, 0.15) is 18.0 Å². The van der Waals surface area contributed by atoms with Crippen molar-refractivity contribution in [2.75, 3.05) is 17.2 Å². The van der Waals surface area contributed by atoms with E-state index in [-0.39, 0.29) is 0 Å². The van der Waals surface area contributed by atoms with Crippen LogP contribution in [0.2, 0.25) is 0 Å². The van der Waals surface area contributed by atoms with Crippen LogP contribution in [0.5, 0.6) is 0 Å². The van der Waals surface area contributed by atoms with Crippen molar-refractivity contribution < 1.29 is 0 Å².